The van der Waals surface area contributed by atoms with E-state index in [-0.39, 0.29) is 18.1 Å². The fraction of sp³-hybridized carbons (Fsp3) is 0.278. The molecule has 1 aliphatic heterocycles. The number of nitrogens with zero attached hydrogens (tertiary/aromatic N) is 4. The number of hydrogen-bond donors (Lipinski definition) is 1. The van der Waals surface area contributed by atoms with Gasteiger partial charge >= 0.3 is 0 Å². The molecule has 0 saturated heterocycles. The van der Waals surface area contributed by atoms with E-state index in [0.717, 1.165) is 22.7 Å². The third kappa shape index (κ3) is 3.21. The number of carbonyl (C=O) groups excluding carboxylic acids is 2. The van der Waals surface area contributed by atoms with Gasteiger partial charge in [-0.25, -0.2) is 9.97 Å². The van der Waals surface area contributed by atoms with E-state index in [4.69, 9.17) is 23.2 Å². The van der Waals surface area contributed by atoms with E-state index in [2.05, 4.69) is 20.4 Å². The molecule has 0 radical (unpaired) electrons. The van der Waals surface area contributed by atoms with Crippen LogP contribution in [0, 0.1) is 20.8 Å². The molecular weight excluding hydrogens is 421 g/mol. The zero-order valence-electron chi connectivity index (χ0n) is 15.2. The summed E-state index contributed by atoms with van der Waals surface area (Å²) in [5.74, 6) is -0.491. The normalized spacial score (nSPS) is 16.0. The average molecular weight is 436 g/mol. The van der Waals surface area contributed by atoms with Crippen molar-refractivity contribution in [1.29, 1.82) is 0 Å². The lowest BCUT2D eigenvalue weighted by Gasteiger charge is -2.22. The van der Waals surface area contributed by atoms with Gasteiger partial charge in [-0.3, -0.25) is 9.59 Å². The van der Waals surface area contributed by atoms with E-state index in [1.807, 2.05) is 19.9 Å². The fourth-order valence-electron chi connectivity index (χ4n) is 3.41. The molecular formula is C18H15Cl2N5O2S. The molecule has 10 heteroatoms. The first kappa shape index (κ1) is 19.0. The standard InChI is InChI=1S/C18H15Cl2N5O2S/c1-7-4-8(2)22-18(21-7)25-17-14(9(3)24-25)10(6-13(26)23-17)15(27)11-5-12(19)28-16(11)20/h4-5,10H,6H2,1-3H3,(H,23,26). The van der Waals surface area contributed by atoms with Crippen molar-refractivity contribution in [3.8, 4) is 5.95 Å². The van der Waals surface area contributed by atoms with Crippen molar-refractivity contribution in [3.63, 3.8) is 0 Å². The van der Waals surface area contributed by atoms with Gasteiger partial charge in [0.15, 0.2) is 5.78 Å². The van der Waals surface area contributed by atoms with Crippen molar-refractivity contribution in [1.82, 2.24) is 19.7 Å². The molecule has 1 amide bonds. The van der Waals surface area contributed by atoms with Crippen LogP contribution in [0.2, 0.25) is 8.67 Å². The zero-order chi connectivity index (χ0) is 20.2. The molecule has 1 atom stereocenters. The number of fused-ring (bicyclic) bond motifs is 1. The number of carbonyl (C=O) groups is 2. The smallest absolute Gasteiger partial charge is 0.252 e. The molecule has 4 rings (SSSR count). The molecule has 1 N–H and O–H groups in total. The largest absolute Gasteiger partial charge is 0.310 e. The highest BCUT2D eigenvalue weighted by molar-refractivity contribution is 7.20. The molecule has 144 valence electrons. The molecule has 0 fully saturated rings. The van der Waals surface area contributed by atoms with Crippen LogP contribution in [0.1, 0.15) is 45.3 Å². The Kier molecular flexibility index (Phi) is 4.73. The summed E-state index contributed by atoms with van der Waals surface area (Å²) in [5.41, 5.74) is 3.13. The summed E-state index contributed by atoms with van der Waals surface area (Å²) >= 11 is 13.3. The molecule has 0 bridgehead atoms. The molecule has 0 aliphatic carbocycles. The first-order valence-corrected chi connectivity index (χ1v) is 10.0. The number of Topliss-reactive ketones (excluding diaryl/α,β-unsaturated/α-hetero) is 1. The molecule has 3 aromatic heterocycles. The first-order valence-electron chi connectivity index (χ1n) is 8.45. The maximum absolute atomic E-state index is 13.2. The Morgan fingerprint density at radius 2 is 1.89 bits per heavy atom. The molecule has 0 aromatic carbocycles. The summed E-state index contributed by atoms with van der Waals surface area (Å²) in [6.45, 7) is 5.50. The van der Waals surface area contributed by atoms with Crippen LogP contribution in [0.15, 0.2) is 12.1 Å². The van der Waals surface area contributed by atoms with Gasteiger partial charge < -0.3 is 5.32 Å². The van der Waals surface area contributed by atoms with Gasteiger partial charge in [0.25, 0.3) is 5.95 Å². The van der Waals surface area contributed by atoms with Gasteiger partial charge in [0.1, 0.15) is 10.2 Å². The quantitative estimate of drug-likeness (QED) is 0.620. The van der Waals surface area contributed by atoms with Crippen LogP contribution in [0.3, 0.4) is 0 Å². The summed E-state index contributed by atoms with van der Waals surface area (Å²) < 4.78 is 2.21. The number of hydrogen-bond acceptors (Lipinski definition) is 6. The molecule has 7 nitrogen and oxygen atoms in total. The van der Waals surface area contributed by atoms with Crippen molar-refractivity contribution >= 4 is 52.0 Å². The molecule has 0 spiro atoms. The molecule has 0 saturated carbocycles. The highest BCUT2D eigenvalue weighted by Gasteiger charge is 2.37. The monoisotopic (exact) mass is 435 g/mol. The van der Waals surface area contributed by atoms with Crippen LogP contribution in [-0.2, 0) is 4.79 Å². The van der Waals surface area contributed by atoms with Gasteiger partial charge in [-0.15, -0.1) is 11.3 Å². The highest BCUT2D eigenvalue weighted by atomic mass is 35.5. The predicted octanol–water partition coefficient (Wildman–Crippen LogP) is 4.26. The molecule has 3 aromatic rings. The Bertz CT molecular complexity index is 1120. The van der Waals surface area contributed by atoms with Gasteiger partial charge in [0.05, 0.1) is 15.9 Å². The molecule has 28 heavy (non-hydrogen) atoms. The van der Waals surface area contributed by atoms with Crippen LogP contribution in [0.5, 0.6) is 0 Å². The van der Waals surface area contributed by atoms with Crippen LogP contribution >= 0.6 is 34.5 Å². The number of aryl methyl sites for hydroxylation is 3. The van der Waals surface area contributed by atoms with Crippen molar-refractivity contribution in [2.75, 3.05) is 5.32 Å². The van der Waals surface area contributed by atoms with Crippen LogP contribution in [0.4, 0.5) is 5.82 Å². The van der Waals surface area contributed by atoms with Crippen molar-refractivity contribution in [3.05, 3.63) is 49.0 Å². The Labute approximate surface area is 174 Å². The van der Waals surface area contributed by atoms with Gasteiger partial charge in [-0.1, -0.05) is 23.2 Å². The number of halogens is 2. The summed E-state index contributed by atoms with van der Waals surface area (Å²) in [4.78, 5) is 34.4. The molecule has 4 heterocycles. The van der Waals surface area contributed by atoms with Crippen molar-refractivity contribution < 1.29 is 9.59 Å². The minimum Gasteiger partial charge on any atom is -0.310 e. The number of amides is 1. The molecule has 1 unspecified atom stereocenters. The lowest BCUT2D eigenvalue weighted by molar-refractivity contribution is -0.116. The minimum atomic E-state index is -0.702. The maximum Gasteiger partial charge on any atom is 0.252 e. The Morgan fingerprint density at radius 3 is 2.50 bits per heavy atom. The number of rotatable bonds is 3. The van der Waals surface area contributed by atoms with Gasteiger partial charge in [-0.05, 0) is 32.9 Å². The van der Waals surface area contributed by atoms with E-state index < -0.39 is 5.92 Å². The van der Waals surface area contributed by atoms with Crippen LogP contribution in [-0.4, -0.2) is 31.4 Å². The lowest BCUT2D eigenvalue weighted by Crippen LogP contribution is -2.28. The second-order valence-corrected chi connectivity index (χ2v) is 8.90. The number of ketones is 1. The summed E-state index contributed by atoms with van der Waals surface area (Å²) in [6.07, 6.45) is 0.00979. The van der Waals surface area contributed by atoms with Gasteiger partial charge in [-0.2, -0.15) is 9.78 Å². The SMILES string of the molecule is Cc1cc(C)nc(-n2nc(C)c3c2NC(=O)CC3C(=O)c2cc(Cl)sc2Cl)n1. The highest BCUT2D eigenvalue weighted by Crippen LogP contribution is 2.41. The summed E-state index contributed by atoms with van der Waals surface area (Å²) in [7, 11) is 0. The number of nitrogens with one attached hydrogen (secondary N) is 1. The maximum atomic E-state index is 13.2. The van der Waals surface area contributed by atoms with Gasteiger partial charge in [0.2, 0.25) is 5.91 Å². The second kappa shape index (κ2) is 6.95. The van der Waals surface area contributed by atoms with Crippen molar-refractivity contribution in [2.45, 2.75) is 33.1 Å². The third-order valence-electron chi connectivity index (χ3n) is 4.50. The topological polar surface area (TPSA) is 89.8 Å². The van der Waals surface area contributed by atoms with E-state index >= 15 is 0 Å². The first-order chi connectivity index (χ1) is 13.2. The van der Waals surface area contributed by atoms with E-state index in [0.29, 0.717) is 37.3 Å². The predicted molar refractivity (Wildman–Crippen MR) is 108 cm³/mol. The molecule has 1 aliphatic rings. The average Bonchev–Trinajstić information content (AvgIpc) is 3.11. The third-order valence-corrected chi connectivity index (χ3v) is 5.99. The van der Waals surface area contributed by atoms with Crippen LogP contribution in [0.25, 0.3) is 5.95 Å². The Balaban J connectivity index is 1.85. The second-order valence-electron chi connectivity index (χ2n) is 6.62. The van der Waals surface area contributed by atoms with Crippen LogP contribution < -0.4 is 5.32 Å². The van der Waals surface area contributed by atoms with Crippen molar-refractivity contribution in [2.24, 2.45) is 0 Å². The Morgan fingerprint density at radius 1 is 1.21 bits per heavy atom. The minimum absolute atomic E-state index is 0.00979. The lowest BCUT2D eigenvalue weighted by atomic mass is 9.86. The van der Waals surface area contributed by atoms with E-state index in [1.54, 1.807) is 6.92 Å². The zero-order valence-corrected chi connectivity index (χ0v) is 17.5. The van der Waals surface area contributed by atoms with E-state index in [1.165, 1.54) is 10.7 Å². The van der Waals surface area contributed by atoms with E-state index in [9.17, 15) is 9.59 Å². The number of thiophene rings is 1. The summed E-state index contributed by atoms with van der Waals surface area (Å²) in [6, 6.07) is 3.38. The number of aromatic nitrogens is 4. The number of anilines is 1. The fourth-order valence-corrected chi connectivity index (χ4v) is 4.89. The summed E-state index contributed by atoms with van der Waals surface area (Å²) in [5, 5.41) is 7.32. The Hall–Kier alpha value is -2.29. The van der Waals surface area contributed by atoms with Gasteiger partial charge in [0, 0.05) is 28.9 Å².